The lowest BCUT2D eigenvalue weighted by Gasteiger charge is -2.22. The van der Waals surface area contributed by atoms with Crippen LogP contribution >= 0.6 is 27.5 Å². The number of anilines is 1. The molecule has 0 spiro atoms. The normalized spacial score (nSPS) is 12.6. The molecular weight excluding hydrogens is 295 g/mol. The molecule has 90 valence electrons. The zero-order valence-electron chi connectivity index (χ0n) is 9.15. The zero-order chi connectivity index (χ0) is 12.1. The Balaban J connectivity index is 2.69. The summed E-state index contributed by atoms with van der Waals surface area (Å²) < 4.78 is 5.68. The molecule has 0 aliphatic carbocycles. The largest absolute Gasteiger partial charge is 0.389 e. The number of methoxy groups -OCH3 is 1. The van der Waals surface area contributed by atoms with Crippen LogP contribution in [0, 0.1) is 0 Å². The van der Waals surface area contributed by atoms with Gasteiger partial charge in [0.25, 0.3) is 0 Å². The van der Waals surface area contributed by atoms with Crippen molar-refractivity contribution in [3.8, 4) is 0 Å². The van der Waals surface area contributed by atoms with Crippen LogP contribution < -0.4 is 4.90 Å². The van der Waals surface area contributed by atoms with Gasteiger partial charge in [0.2, 0.25) is 0 Å². The molecule has 6 heteroatoms. The summed E-state index contributed by atoms with van der Waals surface area (Å²) in [4.78, 5) is 5.98. The Morgan fingerprint density at radius 3 is 2.94 bits per heavy atom. The Kier molecular flexibility index (Phi) is 5.48. The molecule has 0 saturated carbocycles. The number of aliphatic hydroxyl groups is 1. The molecule has 1 heterocycles. The number of ether oxygens (including phenoxy) is 1. The van der Waals surface area contributed by atoms with E-state index in [0.717, 1.165) is 4.47 Å². The number of hydrogen-bond acceptors (Lipinski definition) is 4. The molecule has 0 aliphatic rings. The number of likely N-dealkylation sites (N-methyl/N-ethyl adjacent to an activating group) is 1. The summed E-state index contributed by atoms with van der Waals surface area (Å²) in [6.45, 7) is 0.709. The second-order valence-corrected chi connectivity index (χ2v) is 4.77. The predicted molar refractivity (Wildman–Crippen MR) is 68.1 cm³/mol. The zero-order valence-corrected chi connectivity index (χ0v) is 11.5. The number of rotatable bonds is 5. The van der Waals surface area contributed by atoms with Crippen LogP contribution in [-0.4, -0.2) is 43.5 Å². The maximum absolute atomic E-state index is 9.58. The third-order valence-corrected chi connectivity index (χ3v) is 2.71. The van der Waals surface area contributed by atoms with E-state index in [-0.39, 0.29) is 0 Å². The number of pyridine rings is 1. The fourth-order valence-electron chi connectivity index (χ4n) is 1.34. The molecule has 0 fully saturated rings. The van der Waals surface area contributed by atoms with Crippen molar-refractivity contribution >= 4 is 33.3 Å². The van der Waals surface area contributed by atoms with Gasteiger partial charge in [0.05, 0.1) is 17.7 Å². The summed E-state index contributed by atoms with van der Waals surface area (Å²) in [5.74, 6) is 0.639. The van der Waals surface area contributed by atoms with E-state index in [4.69, 9.17) is 16.3 Å². The minimum atomic E-state index is -0.559. The number of aliphatic hydroxyl groups excluding tert-OH is 1. The Morgan fingerprint density at radius 1 is 1.69 bits per heavy atom. The summed E-state index contributed by atoms with van der Waals surface area (Å²) >= 11 is 9.32. The lowest BCUT2D eigenvalue weighted by Crippen LogP contribution is -2.32. The van der Waals surface area contributed by atoms with Crippen molar-refractivity contribution in [1.82, 2.24) is 4.98 Å². The van der Waals surface area contributed by atoms with E-state index < -0.39 is 6.10 Å². The molecule has 1 unspecified atom stereocenters. The molecule has 0 amide bonds. The molecule has 4 nitrogen and oxygen atoms in total. The Morgan fingerprint density at radius 2 is 2.38 bits per heavy atom. The molecule has 1 atom stereocenters. The fourth-order valence-corrected chi connectivity index (χ4v) is 2.11. The number of aromatic nitrogens is 1. The number of hydrogen-bond donors (Lipinski definition) is 1. The van der Waals surface area contributed by atoms with Crippen LogP contribution in [0.2, 0.25) is 5.02 Å². The average molecular weight is 310 g/mol. The van der Waals surface area contributed by atoms with Gasteiger partial charge in [-0.05, 0) is 22.0 Å². The maximum atomic E-state index is 9.58. The highest BCUT2D eigenvalue weighted by molar-refractivity contribution is 9.10. The molecule has 1 aromatic rings. The SMILES string of the molecule is COCC(O)CN(C)c1ncc(Br)cc1Cl. The van der Waals surface area contributed by atoms with Gasteiger partial charge >= 0.3 is 0 Å². The molecule has 1 rings (SSSR count). The van der Waals surface area contributed by atoms with Gasteiger partial charge in [0.15, 0.2) is 0 Å². The van der Waals surface area contributed by atoms with Crippen LogP contribution in [0.15, 0.2) is 16.7 Å². The third-order valence-electron chi connectivity index (χ3n) is 1.99. The van der Waals surface area contributed by atoms with Gasteiger partial charge in [-0.25, -0.2) is 4.98 Å². The molecule has 0 radical (unpaired) electrons. The van der Waals surface area contributed by atoms with Crippen LogP contribution in [0.1, 0.15) is 0 Å². The van der Waals surface area contributed by atoms with Gasteiger partial charge in [0, 0.05) is 31.4 Å². The van der Waals surface area contributed by atoms with Gasteiger partial charge in [-0.1, -0.05) is 11.6 Å². The van der Waals surface area contributed by atoms with E-state index in [0.29, 0.717) is 24.0 Å². The Hall–Kier alpha value is -0.360. The number of halogens is 2. The molecule has 1 N–H and O–H groups in total. The van der Waals surface area contributed by atoms with E-state index in [1.54, 1.807) is 24.3 Å². The molecule has 0 bridgehead atoms. The molecule has 0 aliphatic heterocycles. The van der Waals surface area contributed by atoms with Crippen molar-refractivity contribution in [3.63, 3.8) is 0 Å². The summed E-state index contributed by atoms with van der Waals surface area (Å²) in [5, 5.41) is 10.1. The van der Waals surface area contributed by atoms with Gasteiger partial charge in [0.1, 0.15) is 5.82 Å². The first kappa shape index (κ1) is 13.7. The predicted octanol–water partition coefficient (Wildman–Crippen LogP) is 1.94. The lowest BCUT2D eigenvalue weighted by atomic mass is 10.3. The molecule has 16 heavy (non-hydrogen) atoms. The lowest BCUT2D eigenvalue weighted by molar-refractivity contribution is 0.0694. The standard InChI is InChI=1S/C10H14BrClN2O2/c1-14(5-8(15)6-16-2)10-9(12)3-7(11)4-13-10/h3-4,8,15H,5-6H2,1-2H3. The van der Waals surface area contributed by atoms with E-state index in [1.165, 1.54) is 0 Å². The second kappa shape index (κ2) is 6.39. The van der Waals surface area contributed by atoms with E-state index in [1.807, 2.05) is 7.05 Å². The van der Waals surface area contributed by atoms with Crippen molar-refractivity contribution in [2.24, 2.45) is 0 Å². The van der Waals surface area contributed by atoms with Crippen LogP contribution in [0.5, 0.6) is 0 Å². The highest BCUT2D eigenvalue weighted by Gasteiger charge is 2.12. The highest BCUT2D eigenvalue weighted by Crippen LogP contribution is 2.25. The Bertz CT molecular complexity index is 352. The molecule has 1 aromatic heterocycles. The molecule has 0 saturated heterocycles. The monoisotopic (exact) mass is 308 g/mol. The topological polar surface area (TPSA) is 45.6 Å². The van der Waals surface area contributed by atoms with Crippen LogP contribution in [0.4, 0.5) is 5.82 Å². The first-order valence-corrected chi connectivity index (χ1v) is 5.91. The first-order valence-electron chi connectivity index (χ1n) is 4.73. The van der Waals surface area contributed by atoms with Crippen LogP contribution in [-0.2, 0) is 4.74 Å². The van der Waals surface area contributed by atoms with Crippen molar-refractivity contribution in [3.05, 3.63) is 21.8 Å². The van der Waals surface area contributed by atoms with Gasteiger partial charge in [-0.3, -0.25) is 0 Å². The minimum Gasteiger partial charge on any atom is -0.389 e. The van der Waals surface area contributed by atoms with Crippen molar-refractivity contribution in [2.45, 2.75) is 6.10 Å². The third kappa shape index (κ3) is 3.90. The summed E-state index contributed by atoms with van der Waals surface area (Å²) in [7, 11) is 3.37. The molecule has 0 aromatic carbocycles. The van der Waals surface area contributed by atoms with Gasteiger partial charge in [-0.15, -0.1) is 0 Å². The quantitative estimate of drug-likeness (QED) is 0.903. The van der Waals surface area contributed by atoms with Crippen molar-refractivity contribution in [1.29, 1.82) is 0 Å². The summed E-state index contributed by atoms with van der Waals surface area (Å²) in [6, 6.07) is 1.77. The summed E-state index contributed by atoms with van der Waals surface area (Å²) in [5.41, 5.74) is 0. The Labute approximate surface area is 108 Å². The smallest absolute Gasteiger partial charge is 0.147 e. The van der Waals surface area contributed by atoms with E-state index >= 15 is 0 Å². The average Bonchev–Trinajstić information content (AvgIpc) is 2.17. The van der Waals surface area contributed by atoms with Crippen LogP contribution in [0.25, 0.3) is 0 Å². The van der Waals surface area contributed by atoms with E-state index in [9.17, 15) is 5.11 Å². The first-order chi connectivity index (χ1) is 7.54. The van der Waals surface area contributed by atoms with Crippen LogP contribution in [0.3, 0.4) is 0 Å². The maximum Gasteiger partial charge on any atom is 0.147 e. The number of nitrogens with zero attached hydrogens (tertiary/aromatic N) is 2. The minimum absolute atomic E-state index is 0.290. The second-order valence-electron chi connectivity index (χ2n) is 3.45. The van der Waals surface area contributed by atoms with Crippen molar-refractivity contribution < 1.29 is 9.84 Å². The van der Waals surface area contributed by atoms with Gasteiger partial charge < -0.3 is 14.7 Å². The van der Waals surface area contributed by atoms with Gasteiger partial charge in [-0.2, -0.15) is 0 Å². The van der Waals surface area contributed by atoms with E-state index in [2.05, 4.69) is 20.9 Å². The molecular formula is C10H14BrClN2O2. The van der Waals surface area contributed by atoms with Crippen molar-refractivity contribution in [2.75, 3.05) is 32.2 Å². The summed E-state index contributed by atoms with van der Waals surface area (Å²) in [6.07, 6.45) is 1.11. The highest BCUT2D eigenvalue weighted by atomic mass is 79.9. The fraction of sp³-hybridized carbons (Fsp3) is 0.500.